The zero-order valence-electron chi connectivity index (χ0n) is 18.7. The second-order valence-electron chi connectivity index (χ2n) is 7.95. The van der Waals surface area contributed by atoms with E-state index in [9.17, 15) is 9.59 Å². The molecule has 0 radical (unpaired) electrons. The van der Waals surface area contributed by atoms with Crippen molar-refractivity contribution in [1.29, 1.82) is 0 Å². The standard InChI is InChI=1S/C25H27NO6/c1-29-16-6-8-21(30-2)17(12-16)15-9-19-25(20(27)10-15)18(13-24(28)26-19)14-5-7-22(31-3)23(11-14)32-4/h5-8,11-12,15,18H,9-10,13H2,1-4H3,(H,26,28)/t15-,18+/m1/s1. The second-order valence-corrected chi connectivity index (χ2v) is 7.95. The highest BCUT2D eigenvalue weighted by Crippen LogP contribution is 2.46. The van der Waals surface area contributed by atoms with Gasteiger partial charge in [-0.05, 0) is 42.3 Å². The van der Waals surface area contributed by atoms with Gasteiger partial charge >= 0.3 is 0 Å². The van der Waals surface area contributed by atoms with E-state index in [1.807, 2.05) is 30.3 Å². The van der Waals surface area contributed by atoms with Crippen molar-refractivity contribution in [2.75, 3.05) is 28.4 Å². The first-order valence-electron chi connectivity index (χ1n) is 10.5. The normalized spacial score (nSPS) is 20.4. The molecule has 0 spiro atoms. The predicted molar refractivity (Wildman–Crippen MR) is 119 cm³/mol. The van der Waals surface area contributed by atoms with E-state index in [1.54, 1.807) is 34.5 Å². The van der Waals surface area contributed by atoms with Crippen molar-refractivity contribution < 1.29 is 28.5 Å². The number of nitrogens with one attached hydrogen (secondary N) is 1. The van der Waals surface area contributed by atoms with E-state index < -0.39 is 0 Å². The lowest BCUT2D eigenvalue weighted by Crippen LogP contribution is -2.38. The van der Waals surface area contributed by atoms with E-state index in [-0.39, 0.29) is 29.9 Å². The fraction of sp³-hybridized carbons (Fsp3) is 0.360. The molecule has 7 nitrogen and oxygen atoms in total. The quantitative estimate of drug-likeness (QED) is 0.742. The molecule has 1 amide bonds. The molecule has 0 saturated heterocycles. The van der Waals surface area contributed by atoms with Crippen LogP contribution in [-0.2, 0) is 9.59 Å². The Kier molecular flexibility index (Phi) is 6.08. The zero-order chi connectivity index (χ0) is 22.8. The lowest BCUT2D eigenvalue weighted by molar-refractivity contribution is -0.122. The minimum Gasteiger partial charge on any atom is -0.497 e. The van der Waals surface area contributed by atoms with Crippen molar-refractivity contribution in [1.82, 2.24) is 5.32 Å². The third-order valence-electron chi connectivity index (χ3n) is 6.22. The van der Waals surface area contributed by atoms with E-state index >= 15 is 0 Å². The van der Waals surface area contributed by atoms with Gasteiger partial charge in [-0.1, -0.05) is 6.07 Å². The first-order valence-corrected chi connectivity index (χ1v) is 10.5. The summed E-state index contributed by atoms with van der Waals surface area (Å²) in [4.78, 5) is 26.0. The van der Waals surface area contributed by atoms with Gasteiger partial charge in [-0.25, -0.2) is 0 Å². The average Bonchev–Trinajstić information content (AvgIpc) is 2.82. The van der Waals surface area contributed by atoms with Crippen LogP contribution >= 0.6 is 0 Å². The SMILES string of the molecule is COc1ccc(OC)c([C@H]2CC(=O)C3=C(C2)NC(=O)C[C@H]3c2ccc(OC)c(OC)c2)c1. The van der Waals surface area contributed by atoms with Crippen molar-refractivity contribution in [2.24, 2.45) is 0 Å². The smallest absolute Gasteiger partial charge is 0.225 e. The number of hydrogen-bond acceptors (Lipinski definition) is 6. The summed E-state index contributed by atoms with van der Waals surface area (Å²) in [5.74, 6) is 2.06. The Balaban J connectivity index is 1.73. The molecule has 0 saturated carbocycles. The predicted octanol–water partition coefficient (Wildman–Crippen LogP) is 3.73. The van der Waals surface area contributed by atoms with Crippen LogP contribution < -0.4 is 24.3 Å². The van der Waals surface area contributed by atoms with Crippen LogP contribution in [0.1, 0.15) is 42.2 Å². The number of benzene rings is 2. The molecule has 168 valence electrons. The summed E-state index contributed by atoms with van der Waals surface area (Å²) < 4.78 is 21.7. The molecule has 1 heterocycles. The van der Waals surface area contributed by atoms with Gasteiger partial charge in [0.25, 0.3) is 0 Å². The highest BCUT2D eigenvalue weighted by Gasteiger charge is 2.39. The number of rotatable bonds is 6. The molecule has 32 heavy (non-hydrogen) atoms. The number of allylic oxidation sites excluding steroid dienone is 2. The first kappa shape index (κ1) is 21.7. The fourth-order valence-corrected chi connectivity index (χ4v) is 4.69. The van der Waals surface area contributed by atoms with Crippen LogP contribution in [0.2, 0.25) is 0 Å². The highest BCUT2D eigenvalue weighted by atomic mass is 16.5. The first-order chi connectivity index (χ1) is 15.5. The van der Waals surface area contributed by atoms with Crippen LogP contribution in [0.25, 0.3) is 0 Å². The Morgan fingerprint density at radius 2 is 1.50 bits per heavy atom. The van der Waals surface area contributed by atoms with Gasteiger partial charge in [0.05, 0.1) is 28.4 Å². The molecule has 7 heteroatoms. The van der Waals surface area contributed by atoms with E-state index in [0.717, 1.165) is 11.1 Å². The summed E-state index contributed by atoms with van der Waals surface area (Å²) in [6, 6.07) is 11.1. The van der Waals surface area contributed by atoms with Gasteiger partial charge in [-0.2, -0.15) is 0 Å². The molecule has 4 rings (SSSR count). The Bertz CT molecular complexity index is 1090. The molecule has 1 aliphatic carbocycles. The largest absolute Gasteiger partial charge is 0.497 e. The summed E-state index contributed by atoms with van der Waals surface area (Å²) in [6.45, 7) is 0. The molecule has 2 aromatic rings. The van der Waals surface area contributed by atoms with Gasteiger partial charge in [-0.3, -0.25) is 9.59 Å². The topological polar surface area (TPSA) is 83.1 Å². The van der Waals surface area contributed by atoms with Crippen molar-refractivity contribution in [3.05, 3.63) is 58.8 Å². The van der Waals surface area contributed by atoms with Gasteiger partial charge in [-0.15, -0.1) is 0 Å². The number of ether oxygens (including phenoxy) is 4. The lowest BCUT2D eigenvalue weighted by atomic mass is 9.73. The van der Waals surface area contributed by atoms with Crippen molar-refractivity contribution in [3.63, 3.8) is 0 Å². The third kappa shape index (κ3) is 3.90. The van der Waals surface area contributed by atoms with Crippen molar-refractivity contribution in [3.8, 4) is 23.0 Å². The molecule has 1 aliphatic heterocycles. The van der Waals surface area contributed by atoms with Crippen LogP contribution in [0.3, 0.4) is 0 Å². The average molecular weight is 437 g/mol. The maximum absolute atomic E-state index is 13.4. The number of ketones is 1. The van der Waals surface area contributed by atoms with E-state index in [1.165, 1.54) is 0 Å². The molecule has 2 aromatic carbocycles. The van der Waals surface area contributed by atoms with Crippen LogP contribution in [0, 0.1) is 0 Å². The minimum atomic E-state index is -0.320. The molecule has 2 atom stereocenters. The number of Topliss-reactive ketones (excluding diaryl/α,β-unsaturated/α-hetero) is 1. The number of carbonyl (C=O) groups excluding carboxylic acids is 2. The van der Waals surface area contributed by atoms with Gasteiger partial charge < -0.3 is 24.3 Å². The maximum atomic E-state index is 13.4. The number of amides is 1. The molecule has 0 aromatic heterocycles. The molecule has 0 unspecified atom stereocenters. The number of hydrogen-bond donors (Lipinski definition) is 1. The van der Waals surface area contributed by atoms with Gasteiger partial charge in [0.15, 0.2) is 17.3 Å². The Labute approximate surface area is 187 Å². The van der Waals surface area contributed by atoms with Gasteiger partial charge in [0.1, 0.15) is 11.5 Å². The summed E-state index contributed by atoms with van der Waals surface area (Å²) in [5.41, 5.74) is 3.12. The van der Waals surface area contributed by atoms with Gasteiger partial charge in [0, 0.05) is 41.5 Å². The third-order valence-corrected chi connectivity index (χ3v) is 6.22. The molecular formula is C25H27NO6. The van der Waals surface area contributed by atoms with Crippen molar-refractivity contribution >= 4 is 11.7 Å². The van der Waals surface area contributed by atoms with Crippen molar-refractivity contribution in [2.45, 2.75) is 31.1 Å². The molecule has 0 fully saturated rings. The number of carbonyl (C=O) groups is 2. The highest BCUT2D eigenvalue weighted by molar-refractivity contribution is 6.02. The second kappa shape index (κ2) is 8.94. The summed E-state index contributed by atoms with van der Waals surface area (Å²) >= 11 is 0. The summed E-state index contributed by atoms with van der Waals surface area (Å²) in [7, 11) is 6.35. The van der Waals surface area contributed by atoms with E-state index in [2.05, 4.69) is 5.32 Å². The zero-order valence-corrected chi connectivity index (χ0v) is 18.7. The number of methoxy groups -OCH3 is 4. The van der Waals surface area contributed by atoms with E-state index in [0.29, 0.717) is 47.1 Å². The Hall–Kier alpha value is -3.48. The monoisotopic (exact) mass is 437 g/mol. The molecule has 1 N–H and O–H groups in total. The summed E-state index contributed by atoms with van der Waals surface area (Å²) in [6.07, 6.45) is 1.09. The van der Waals surface area contributed by atoms with E-state index in [4.69, 9.17) is 18.9 Å². The fourth-order valence-electron chi connectivity index (χ4n) is 4.69. The Morgan fingerprint density at radius 3 is 2.19 bits per heavy atom. The molecule has 0 bridgehead atoms. The molecule has 2 aliphatic rings. The molecular weight excluding hydrogens is 410 g/mol. The maximum Gasteiger partial charge on any atom is 0.225 e. The minimum absolute atomic E-state index is 0.0286. The lowest BCUT2D eigenvalue weighted by Gasteiger charge is -2.35. The summed E-state index contributed by atoms with van der Waals surface area (Å²) in [5, 5.41) is 2.96. The Morgan fingerprint density at radius 1 is 0.781 bits per heavy atom. The van der Waals surface area contributed by atoms with Gasteiger partial charge in [0.2, 0.25) is 5.91 Å². The van der Waals surface area contributed by atoms with Crippen LogP contribution in [0.5, 0.6) is 23.0 Å². The van der Waals surface area contributed by atoms with Crippen LogP contribution in [0.4, 0.5) is 0 Å². The van der Waals surface area contributed by atoms with Crippen LogP contribution in [-0.4, -0.2) is 40.1 Å². The van der Waals surface area contributed by atoms with Crippen LogP contribution in [0.15, 0.2) is 47.7 Å².